The SMILES string of the molecule is Cc1cc(C)n2c(C(=O)N3C[C@H]4CC[C@@H](C3)C4N(C)C)nnc2n1. The van der Waals surface area contributed by atoms with Gasteiger partial charge in [-0.1, -0.05) is 0 Å². The van der Waals surface area contributed by atoms with E-state index < -0.39 is 0 Å². The van der Waals surface area contributed by atoms with E-state index in [2.05, 4.69) is 34.2 Å². The average Bonchev–Trinajstić information content (AvgIpc) is 3.05. The lowest BCUT2D eigenvalue weighted by Gasteiger charge is -2.40. The molecule has 7 heteroatoms. The predicted octanol–water partition coefficient (Wildman–Crippen LogP) is 1.15. The summed E-state index contributed by atoms with van der Waals surface area (Å²) < 4.78 is 1.77. The zero-order valence-corrected chi connectivity index (χ0v) is 14.7. The number of aromatic nitrogens is 4. The normalized spacial score (nSPS) is 26.5. The Morgan fingerprint density at radius 1 is 1.17 bits per heavy atom. The summed E-state index contributed by atoms with van der Waals surface area (Å²) in [6.45, 7) is 5.51. The molecule has 2 aromatic rings. The molecule has 0 radical (unpaired) electrons. The molecule has 0 aromatic carbocycles. The lowest BCUT2D eigenvalue weighted by Crippen LogP contribution is -2.52. The first kappa shape index (κ1) is 15.5. The molecule has 2 aliphatic rings. The van der Waals surface area contributed by atoms with Crippen molar-refractivity contribution in [3.63, 3.8) is 0 Å². The summed E-state index contributed by atoms with van der Waals surface area (Å²) in [5.74, 6) is 1.98. The Hall–Kier alpha value is -2.02. The summed E-state index contributed by atoms with van der Waals surface area (Å²) in [7, 11) is 4.30. The molecule has 24 heavy (non-hydrogen) atoms. The molecule has 3 heterocycles. The first-order valence-electron chi connectivity index (χ1n) is 8.61. The van der Waals surface area contributed by atoms with Crippen molar-refractivity contribution in [3.8, 4) is 0 Å². The number of fused-ring (bicyclic) bond motifs is 3. The van der Waals surface area contributed by atoms with Crippen molar-refractivity contribution in [1.82, 2.24) is 29.4 Å². The third kappa shape index (κ3) is 2.30. The minimum atomic E-state index is -0.0228. The molecule has 3 atom stereocenters. The highest BCUT2D eigenvalue weighted by atomic mass is 16.2. The molecule has 128 valence electrons. The molecule has 1 amide bonds. The minimum Gasteiger partial charge on any atom is -0.335 e. The highest BCUT2D eigenvalue weighted by molar-refractivity contribution is 5.91. The standard InChI is InChI=1S/C17H24N6O/c1-10-7-11(2)23-15(19-20-17(23)18-10)16(24)22-8-12-5-6-13(9-22)14(12)21(3)4/h7,12-14H,5-6,8-9H2,1-4H3/t12-,13+,14?. The van der Waals surface area contributed by atoms with Gasteiger partial charge in [-0.3, -0.25) is 9.20 Å². The predicted molar refractivity (Wildman–Crippen MR) is 89.8 cm³/mol. The number of hydrogen-bond acceptors (Lipinski definition) is 5. The first-order valence-corrected chi connectivity index (χ1v) is 8.61. The molecule has 1 aliphatic carbocycles. The van der Waals surface area contributed by atoms with Gasteiger partial charge in [0.2, 0.25) is 5.82 Å². The maximum atomic E-state index is 13.1. The lowest BCUT2D eigenvalue weighted by atomic mass is 9.91. The number of hydrogen-bond donors (Lipinski definition) is 0. The highest BCUT2D eigenvalue weighted by Gasteiger charge is 2.44. The maximum absolute atomic E-state index is 13.1. The van der Waals surface area contributed by atoms with Crippen molar-refractivity contribution in [1.29, 1.82) is 0 Å². The summed E-state index contributed by atoms with van der Waals surface area (Å²) in [5.41, 5.74) is 1.83. The molecule has 1 saturated carbocycles. The summed E-state index contributed by atoms with van der Waals surface area (Å²) in [6.07, 6.45) is 2.41. The van der Waals surface area contributed by atoms with Crippen molar-refractivity contribution < 1.29 is 4.79 Å². The fourth-order valence-electron chi connectivity index (χ4n) is 4.71. The van der Waals surface area contributed by atoms with E-state index in [1.807, 2.05) is 24.8 Å². The van der Waals surface area contributed by atoms with Gasteiger partial charge in [0.25, 0.3) is 11.7 Å². The van der Waals surface area contributed by atoms with E-state index in [0.29, 0.717) is 29.5 Å². The van der Waals surface area contributed by atoms with Crippen LogP contribution in [0, 0.1) is 25.7 Å². The van der Waals surface area contributed by atoms with Crippen LogP contribution in [0.3, 0.4) is 0 Å². The van der Waals surface area contributed by atoms with Gasteiger partial charge in [-0.15, -0.1) is 10.2 Å². The monoisotopic (exact) mass is 328 g/mol. The molecule has 7 nitrogen and oxygen atoms in total. The number of carbonyl (C=O) groups is 1. The van der Waals surface area contributed by atoms with Gasteiger partial charge in [0, 0.05) is 30.5 Å². The number of nitrogens with zero attached hydrogens (tertiary/aromatic N) is 6. The molecule has 0 spiro atoms. The van der Waals surface area contributed by atoms with Gasteiger partial charge in [-0.2, -0.15) is 0 Å². The Kier molecular flexibility index (Phi) is 3.56. The van der Waals surface area contributed by atoms with E-state index >= 15 is 0 Å². The third-order valence-electron chi connectivity index (χ3n) is 5.55. The van der Waals surface area contributed by atoms with Gasteiger partial charge in [0.05, 0.1) is 0 Å². The first-order chi connectivity index (χ1) is 11.5. The second-order valence-corrected chi connectivity index (χ2v) is 7.46. The second-order valence-electron chi connectivity index (χ2n) is 7.46. The van der Waals surface area contributed by atoms with Gasteiger partial charge in [-0.25, -0.2) is 4.98 Å². The topological polar surface area (TPSA) is 66.6 Å². The zero-order valence-electron chi connectivity index (χ0n) is 14.7. The van der Waals surface area contributed by atoms with Crippen LogP contribution in [0.2, 0.25) is 0 Å². The van der Waals surface area contributed by atoms with Crippen LogP contribution in [0.5, 0.6) is 0 Å². The Bertz CT molecular complexity index is 784. The van der Waals surface area contributed by atoms with Crippen LogP contribution in [0.25, 0.3) is 5.78 Å². The van der Waals surface area contributed by atoms with E-state index in [1.165, 1.54) is 12.8 Å². The fourth-order valence-corrected chi connectivity index (χ4v) is 4.71. The van der Waals surface area contributed by atoms with Gasteiger partial charge < -0.3 is 9.80 Å². The Morgan fingerprint density at radius 2 is 1.83 bits per heavy atom. The van der Waals surface area contributed by atoms with Crippen molar-refractivity contribution in [3.05, 3.63) is 23.3 Å². The Balaban J connectivity index is 1.64. The van der Waals surface area contributed by atoms with E-state index in [0.717, 1.165) is 24.5 Å². The van der Waals surface area contributed by atoms with Crippen molar-refractivity contribution in [2.75, 3.05) is 27.2 Å². The zero-order chi connectivity index (χ0) is 17.0. The van der Waals surface area contributed by atoms with E-state index in [4.69, 9.17) is 0 Å². The van der Waals surface area contributed by atoms with Gasteiger partial charge in [0.1, 0.15) is 0 Å². The lowest BCUT2D eigenvalue weighted by molar-refractivity contribution is 0.0475. The molecule has 1 unspecified atom stereocenters. The van der Waals surface area contributed by atoms with Crippen molar-refractivity contribution in [2.24, 2.45) is 11.8 Å². The largest absolute Gasteiger partial charge is 0.335 e. The number of amides is 1. The molecule has 2 fully saturated rings. The highest BCUT2D eigenvalue weighted by Crippen LogP contribution is 2.39. The fraction of sp³-hybridized carbons (Fsp3) is 0.647. The van der Waals surface area contributed by atoms with Crippen molar-refractivity contribution in [2.45, 2.75) is 32.7 Å². The number of aryl methyl sites for hydroxylation is 2. The number of likely N-dealkylation sites (tertiary alicyclic amines) is 1. The van der Waals surface area contributed by atoms with Crippen LogP contribution in [0.15, 0.2) is 6.07 Å². The van der Waals surface area contributed by atoms with E-state index in [-0.39, 0.29) is 5.91 Å². The van der Waals surface area contributed by atoms with Gasteiger partial charge in [0.15, 0.2) is 0 Å². The van der Waals surface area contributed by atoms with Crippen LogP contribution in [0.4, 0.5) is 0 Å². The van der Waals surface area contributed by atoms with E-state index in [1.54, 1.807) is 4.40 Å². The van der Waals surface area contributed by atoms with Crippen LogP contribution in [0.1, 0.15) is 34.8 Å². The Morgan fingerprint density at radius 3 is 2.46 bits per heavy atom. The van der Waals surface area contributed by atoms with Crippen LogP contribution < -0.4 is 0 Å². The van der Waals surface area contributed by atoms with Gasteiger partial charge in [-0.05, 0) is 58.7 Å². The molecule has 2 aromatic heterocycles. The molecule has 1 saturated heterocycles. The second kappa shape index (κ2) is 5.51. The summed E-state index contributed by atoms with van der Waals surface area (Å²) in [5, 5.41) is 8.25. The Labute approximate surface area is 141 Å². The molecule has 1 aliphatic heterocycles. The molecular formula is C17H24N6O. The minimum absolute atomic E-state index is 0.0228. The van der Waals surface area contributed by atoms with Gasteiger partial charge >= 0.3 is 0 Å². The smallest absolute Gasteiger partial charge is 0.292 e. The molecule has 4 rings (SSSR count). The summed E-state index contributed by atoms with van der Waals surface area (Å²) in [4.78, 5) is 21.7. The summed E-state index contributed by atoms with van der Waals surface area (Å²) >= 11 is 0. The summed E-state index contributed by atoms with van der Waals surface area (Å²) in [6, 6.07) is 2.55. The third-order valence-corrected chi connectivity index (χ3v) is 5.55. The van der Waals surface area contributed by atoms with Crippen LogP contribution >= 0.6 is 0 Å². The quantitative estimate of drug-likeness (QED) is 0.827. The number of rotatable bonds is 2. The van der Waals surface area contributed by atoms with Crippen LogP contribution in [-0.4, -0.2) is 68.5 Å². The molecular weight excluding hydrogens is 304 g/mol. The average molecular weight is 328 g/mol. The number of carbonyl (C=O) groups excluding carboxylic acids is 1. The van der Waals surface area contributed by atoms with E-state index in [9.17, 15) is 4.79 Å². The maximum Gasteiger partial charge on any atom is 0.292 e. The molecule has 0 N–H and O–H groups in total. The number of piperidine rings is 1. The van der Waals surface area contributed by atoms with Crippen molar-refractivity contribution >= 4 is 11.7 Å². The molecule has 2 bridgehead atoms. The van der Waals surface area contributed by atoms with Crippen LogP contribution in [-0.2, 0) is 0 Å².